The Balaban J connectivity index is 1.90. The number of fused-ring (bicyclic) bond motifs is 5. The van der Waals surface area contributed by atoms with Crippen molar-refractivity contribution < 1.29 is 26.7 Å². The van der Waals surface area contributed by atoms with Crippen LogP contribution >= 0.6 is 11.8 Å². The zero-order chi connectivity index (χ0) is 18.5. The van der Waals surface area contributed by atoms with Crippen molar-refractivity contribution in [2.45, 2.75) is 16.8 Å². The summed E-state index contributed by atoms with van der Waals surface area (Å²) in [5.74, 6) is -0.0261. The van der Waals surface area contributed by atoms with Gasteiger partial charge in [0.25, 0.3) is 0 Å². The predicted molar refractivity (Wildman–Crippen MR) is 86.3 cm³/mol. The fourth-order valence-electron chi connectivity index (χ4n) is 2.62. The summed E-state index contributed by atoms with van der Waals surface area (Å²) < 4.78 is 71.1. The first-order valence-electron chi connectivity index (χ1n) is 7.37. The first kappa shape index (κ1) is 16.9. The second-order valence-corrected chi connectivity index (χ2v) is 6.60. The zero-order valence-corrected chi connectivity index (χ0v) is 13.6. The Hall–Kier alpha value is -2.55. The number of aromatic amines is 1. The third-order valence-corrected chi connectivity index (χ3v) is 4.58. The minimum atomic E-state index is -4.29. The number of nitrogens with zero attached hydrogens (tertiary/aromatic N) is 1. The number of para-hydroxylation sites is 1. The van der Waals surface area contributed by atoms with Crippen molar-refractivity contribution >= 4 is 11.8 Å². The SMILES string of the molecule is Fc1ccc2c(c1)Oc1ccccc1-c1nc(SC(F)(F)C(F)F)[nH]c1-2. The largest absolute Gasteiger partial charge is 0.456 e. The smallest absolute Gasteiger partial charge is 0.360 e. The van der Waals surface area contributed by atoms with Crippen molar-refractivity contribution in [2.75, 3.05) is 0 Å². The molecule has 3 nitrogen and oxygen atoms in total. The molecule has 26 heavy (non-hydrogen) atoms. The first-order valence-corrected chi connectivity index (χ1v) is 8.19. The lowest BCUT2D eigenvalue weighted by molar-refractivity contribution is -0.0565. The molecule has 0 fully saturated rings. The Morgan fingerprint density at radius 2 is 1.81 bits per heavy atom. The summed E-state index contributed by atoms with van der Waals surface area (Å²) in [6.45, 7) is 0. The Bertz CT molecular complexity index is 989. The van der Waals surface area contributed by atoms with Crippen molar-refractivity contribution in [1.82, 2.24) is 9.97 Å². The van der Waals surface area contributed by atoms with E-state index in [9.17, 15) is 22.0 Å². The molecule has 4 rings (SSSR count). The first-order chi connectivity index (χ1) is 12.3. The molecule has 1 aliphatic rings. The molecule has 1 aliphatic heterocycles. The molecule has 0 saturated carbocycles. The standard InChI is InChI=1S/C17H9F5N2OS/c18-8-5-6-10-12(7-8)25-11-4-2-1-3-9(11)13-14(10)24-16(23-13)26-17(21,22)15(19)20/h1-7,15H,(H,23,24). The van der Waals surface area contributed by atoms with Gasteiger partial charge in [-0.3, -0.25) is 0 Å². The molecule has 2 heterocycles. The number of halogens is 5. The Morgan fingerprint density at radius 1 is 1.04 bits per heavy atom. The molecule has 0 bridgehead atoms. The molecule has 0 atom stereocenters. The number of nitrogens with one attached hydrogen (secondary N) is 1. The highest BCUT2D eigenvalue weighted by Crippen LogP contribution is 2.48. The van der Waals surface area contributed by atoms with E-state index in [1.54, 1.807) is 24.3 Å². The van der Waals surface area contributed by atoms with Crippen LogP contribution in [0.2, 0.25) is 0 Å². The summed E-state index contributed by atoms with van der Waals surface area (Å²) in [6.07, 6.45) is -3.84. The molecule has 1 N–H and O–H groups in total. The molecular weight excluding hydrogens is 375 g/mol. The summed E-state index contributed by atoms with van der Waals surface area (Å²) in [5.41, 5.74) is 1.41. The lowest BCUT2D eigenvalue weighted by atomic mass is 10.1. The van der Waals surface area contributed by atoms with Crippen molar-refractivity contribution in [3.8, 4) is 34.0 Å². The maximum atomic E-state index is 13.6. The highest BCUT2D eigenvalue weighted by Gasteiger charge is 2.43. The lowest BCUT2D eigenvalue weighted by Gasteiger charge is -2.12. The summed E-state index contributed by atoms with van der Waals surface area (Å²) in [7, 11) is 0. The molecule has 9 heteroatoms. The second kappa shape index (κ2) is 6.01. The van der Waals surface area contributed by atoms with Crippen LogP contribution in [0.1, 0.15) is 0 Å². The number of hydrogen-bond donors (Lipinski definition) is 1. The molecule has 0 radical (unpaired) electrons. The molecular formula is C17H9F5N2OS. The number of H-pyrrole nitrogens is 1. The van der Waals surface area contributed by atoms with Gasteiger partial charge in [0.05, 0.1) is 5.69 Å². The van der Waals surface area contributed by atoms with E-state index < -0.39 is 17.5 Å². The molecule has 0 amide bonds. The van der Waals surface area contributed by atoms with Crippen LogP contribution in [-0.2, 0) is 0 Å². The van der Waals surface area contributed by atoms with E-state index in [-0.39, 0.29) is 34.1 Å². The van der Waals surface area contributed by atoms with Crippen LogP contribution in [0.5, 0.6) is 11.5 Å². The van der Waals surface area contributed by atoms with Gasteiger partial charge in [-0.15, -0.1) is 0 Å². The number of benzene rings is 2. The van der Waals surface area contributed by atoms with Crippen molar-refractivity contribution in [3.63, 3.8) is 0 Å². The quantitative estimate of drug-likeness (QED) is 0.351. The molecule has 134 valence electrons. The number of rotatable bonds is 3. The molecule has 0 spiro atoms. The zero-order valence-electron chi connectivity index (χ0n) is 12.8. The van der Waals surface area contributed by atoms with Crippen molar-refractivity contribution in [1.29, 1.82) is 0 Å². The van der Waals surface area contributed by atoms with Crippen LogP contribution < -0.4 is 4.74 Å². The second-order valence-electron chi connectivity index (χ2n) is 5.47. The summed E-state index contributed by atoms with van der Waals surface area (Å²) >= 11 is -0.358. The summed E-state index contributed by atoms with van der Waals surface area (Å²) in [5, 5.41) is -4.66. The van der Waals surface area contributed by atoms with E-state index in [1.807, 2.05) is 0 Å². The van der Waals surface area contributed by atoms with Gasteiger partial charge >= 0.3 is 11.7 Å². The van der Waals surface area contributed by atoms with Crippen LogP contribution in [0.3, 0.4) is 0 Å². The molecule has 2 aromatic carbocycles. The Morgan fingerprint density at radius 3 is 2.58 bits per heavy atom. The van der Waals surface area contributed by atoms with E-state index in [1.165, 1.54) is 12.1 Å². The van der Waals surface area contributed by atoms with Crippen molar-refractivity contribution in [2.24, 2.45) is 0 Å². The molecule has 1 aromatic heterocycles. The Labute approximate surface area is 148 Å². The maximum absolute atomic E-state index is 13.6. The molecule has 3 aromatic rings. The van der Waals surface area contributed by atoms with Gasteiger partial charge in [-0.05, 0) is 36.0 Å². The number of alkyl halides is 4. The predicted octanol–water partition coefficient (Wildman–Crippen LogP) is 5.94. The number of thioether (sulfide) groups is 1. The van der Waals surface area contributed by atoms with E-state index in [2.05, 4.69) is 9.97 Å². The highest BCUT2D eigenvalue weighted by molar-refractivity contribution is 8.00. The van der Waals surface area contributed by atoms with E-state index in [0.717, 1.165) is 6.07 Å². The minimum absolute atomic E-state index is 0.164. The fraction of sp³-hybridized carbons (Fsp3) is 0.118. The van der Waals surface area contributed by atoms with Crippen LogP contribution in [0.4, 0.5) is 22.0 Å². The average Bonchev–Trinajstić information content (AvgIpc) is 2.93. The van der Waals surface area contributed by atoms with Gasteiger partial charge in [-0.2, -0.15) is 8.78 Å². The number of imidazole rings is 1. The van der Waals surface area contributed by atoms with Gasteiger partial charge in [-0.25, -0.2) is 18.2 Å². The normalized spacial score (nSPS) is 12.8. The van der Waals surface area contributed by atoms with E-state index in [4.69, 9.17) is 4.74 Å². The maximum Gasteiger partial charge on any atom is 0.360 e. The third-order valence-electron chi connectivity index (χ3n) is 3.74. The lowest BCUT2D eigenvalue weighted by Crippen LogP contribution is -2.21. The van der Waals surface area contributed by atoms with Gasteiger partial charge in [0, 0.05) is 17.2 Å². The molecule has 0 unspecified atom stereocenters. The van der Waals surface area contributed by atoms with Crippen LogP contribution in [0, 0.1) is 5.82 Å². The third kappa shape index (κ3) is 2.82. The monoisotopic (exact) mass is 384 g/mol. The van der Waals surface area contributed by atoms with E-state index >= 15 is 0 Å². The molecule has 0 aliphatic carbocycles. The van der Waals surface area contributed by atoms with E-state index in [0.29, 0.717) is 16.9 Å². The van der Waals surface area contributed by atoms with Gasteiger partial charge in [0.2, 0.25) is 0 Å². The van der Waals surface area contributed by atoms with Crippen LogP contribution in [0.15, 0.2) is 47.6 Å². The van der Waals surface area contributed by atoms with Crippen LogP contribution in [0.25, 0.3) is 22.5 Å². The summed E-state index contributed by atoms with van der Waals surface area (Å²) in [4.78, 5) is 6.70. The molecule has 0 saturated heterocycles. The van der Waals surface area contributed by atoms with Crippen molar-refractivity contribution in [3.05, 3.63) is 48.3 Å². The van der Waals surface area contributed by atoms with Crippen LogP contribution in [-0.4, -0.2) is 21.6 Å². The summed E-state index contributed by atoms with van der Waals surface area (Å²) in [6, 6.07) is 10.4. The number of aromatic nitrogens is 2. The topological polar surface area (TPSA) is 37.9 Å². The Kier molecular flexibility index (Phi) is 3.91. The number of hydrogen-bond acceptors (Lipinski definition) is 3. The minimum Gasteiger partial charge on any atom is -0.456 e. The number of ether oxygens (including phenoxy) is 1. The fourth-order valence-corrected chi connectivity index (χ4v) is 3.26. The van der Waals surface area contributed by atoms with Gasteiger partial charge in [0.15, 0.2) is 5.16 Å². The van der Waals surface area contributed by atoms with Gasteiger partial charge in [0.1, 0.15) is 23.0 Å². The van der Waals surface area contributed by atoms with Gasteiger partial charge in [-0.1, -0.05) is 12.1 Å². The highest BCUT2D eigenvalue weighted by atomic mass is 32.2. The average molecular weight is 384 g/mol. The van der Waals surface area contributed by atoms with Gasteiger partial charge < -0.3 is 9.72 Å².